The lowest BCUT2D eigenvalue weighted by Gasteiger charge is -2.25. The predicted octanol–water partition coefficient (Wildman–Crippen LogP) is 2.45. The summed E-state index contributed by atoms with van der Waals surface area (Å²) in [7, 11) is 0. The van der Waals surface area contributed by atoms with Gasteiger partial charge < -0.3 is 4.90 Å². The van der Waals surface area contributed by atoms with Crippen LogP contribution in [0.5, 0.6) is 0 Å². The molecule has 4 rings (SSSR count). The van der Waals surface area contributed by atoms with Crippen molar-refractivity contribution in [2.45, 2.75) is 40.3 Å². The predicted molar refractivity (Wildman–Crippen MR) is 107 cm³/mol. The van der Waals surface area contributed by atoms with Gasteiger partial charge in [-0.1, -0.05) is 18.2 Å². The fourth-order valence-corrected chi connectivity index (χ4v) is 5.19. The van der Waals surface area contributed by atoms with Crippen LogP contribution in [0.2, 0.25) is 0 Å². The number of aromatic nitrogens is 2. The number of amides is 1. The molecule has 140 valence electrons. The molecule has 0 radical (unpaired) electrons. The van der Waals surface area contributed by atoms with Crippen LogP contribution in [0.4, 0.5) is 0 Å². The van der Waals surface area contributed by atoms with Crippen LogP contribution >= 0.6 is 11.3 Å². The zero-order chi connectivity index (χ0) is 19.3. The monoisotopic (exact) mass is 383 g/mol. The Hall–Kier alpha value is -2.67. The molecule has 0 fully saturated rings. The molecule has 1 aromatic carbocycles. The van der Waals surface area contributed by atoms with Crippen LogP contribution in [-0.4, -0.2) is 26.5 Å². The molecule has 7 heteroatoms. The van der Waals surface area contributed by atoms with E-state index in [1.165, 1.54) is 15.9 Å². The Morgan fingerprint density at radius 3 is 2.63 bits per heavy atom. The molecule has 0 atom stereocenters. The molecule has 1 aliphatic rings. The maximum absolute atomic E-state index is 13.4. The average molecular weight is 383 g/mol. The van der Waals surface area contributed by atoms with Crippen molar-refractivity contribution in [2.24, 2.45) is 0 Å². The minimum absolute atomic E-state index is 0.0308. The van der Waals surface area contributed by atoms with Gasteiger partial charge in [0.25, 0.3) is 5.56 Å². The highest BCUT2D eigenvalue weighted by molar-refractivity contribution is 7.18. The number of nitrogens with zero attached hydrogens (tertiary/aromatic N) is 3. The van der Waals surface area contributed by atoms with Crippen molar-refractivity contribution in [1.82, 2.24) is 14.0 Å². The van der Waals surface area contributed by atoms with Crippen molar-refractivity contribution in [3.63, 3.8) is 0 Å². The number of benzene rings is 1. The molecular weight excluding hydrogens is 362 g/mol. The number of carbonyl (C=O) groups excluding carboxylic acids is 1. The molecule has 2 aromatic heterocycles. The molecule has 3 aromatic rings. The first-order chi connectivity index (χ1) is 12.9. The van der Waals surface area contributed by atoms with Crippen molar-refractivity contribution in [3.05, 3.63) is 61.1 Å². The van der Waals surface area contributed by atoms with E-state index < -0.39 is 0 Å². The Morgan fingerprint density at radius 1 is 1.22 bits per heavy atom. The first-order valence-electron chi connectivity index (χ1n) is 9.05. The number of hydrogen-bond acceptors (Lipinski definition) is 4. The largest absolute Gasteiger partial charge is 0.337 e. The molecule has 0 spiro atoms. The fourth-order valence-electron chi connectivity index (χ4n) is 3.78. The summed E-state index contributed by atoms with van der Waals surface area (Å²) >= 11 is 1.46. The second kappa shape index (κ2) is 6.49. The van der Waals surface area contributed by atoms with Crippen LogP contribution in [0.15, 0.2) is 33.9 Å². The Kier molecular flexibility index (Phi) is 4.26. The summed E-state index contributed by atoms with van der Waals surface area (Å²) in [6.45, 7) is 6.96. The van der Waals surface area contributed by atoms with E-state index in [0.29, 0.717) is 42.0 Å². The second-order valence-electron chi connectivity index (χ2n) is 6.83. The third kappa shape index (κ3) is 2.65. The number of rotatable bonds is 2. The van der Waals surface area contributed by atoms with E-state index in [9.17, 15) is 14.4 Å². The zero-order valence-corrected chi connectivity index (χ0v) is 16.4. The van der Waals surface area contributed by atoms with Gasteiger partial charge in [-0.15, -0.1) is 11.3 Å². The molecule has 0 unspecified atom stereocenters. The maximum atomic E-state index is 13.4. The van der Waals surface area contributed by atoms with Crippen molar-refractivity contribution >= 4 is 27.5 Å². The van der Waals surface area contributed by atoms with E-state index in [1.54, 1.807) is 22.5 Å². The topological polar surface area (TPSA) is 64.3 Å². The van der Waals surface area contributed by atoms with Gasteiger partial charge in [0.05, 0.1) is 17.6 Å². The van der Waals surface area contributed by atoms with Crippen LogP contribution in [0.25, 0.3) is 15.9 Å². The molecule has 0 bridgehead atoms. The van der Waals surface area contributed by atoms with Crippen LogP contribution in [0, 0.1) is 6.92 Å². The van der Waals surface area contributed by atoms with Gasteiger partial charge in [-0.2, -0.15) is 0 Å². The van der Waals surface area contributed by atoms with E-state index in [1.807, 2.05) is 32.0 Å². The minimum Gasteiger partial charge on any atom is -0.337 e. The lowest BCUT2D eigenvalue weighted by molar-refractivity contribution is -0.129. The normalized spacial score (nSPS) is 13.8. The first-order valence-corrected chi connectivity index (χ1v) is 9.87. The van der Waals surface area contributed by atoms with Gasteiger partial charge in [0, 0.05) is 24.9 Å². The van der Waals surface area contributed by atoms with Crippen LogP contribution in [0.1, 0.15) is 29.9 Å². The quantitative estimate of drug-likeness (QED) is 0.683. The van der Waals surface area contributed by atoms with Crippen LogP contribution in [-0.2, 0) is 24.3 Å². The number of hydrogen-bond donors (Lipinski definition) is 0. The van der Waals surface area contributed by atoms with Crippen molar-refractivity contribution in [3.8, 4) is 5.69 Å². The summed E-state index contributed by atoms with van der Waals surface area (Å²) in [5.41, 5.74) is 1.92. The van der Waals surface area contributed by atoms with Gasteiger partial charge >= 0.3 is 5.69 Å². The van der Waals surface area contributed by atoms with Crippen molar-refractivity contribution in [1.29, 1.82) is 0 Å². The Morgan fingerprint density at radius 2 is 1.96 bits per heavy atom. The van der Waals surface area contributed by atoms with Crippen LogP contribution < -0.4 is 11.2 Å². The van der Waals surface area contributed by atoms with Gasteiger partial charge in [-0.3, -0.25) is 14.2 Å². The Balaban J connectivity index is 2.07. The summed E-state index contributed by atoms with van der Waals surface area (Å²) in [6.07, 6.45) is 0.639. The van der Waals surface area contributed by atoms with Crippen molar-refractivity contribution in [2.75, 3.05) is 6.54 Å². The van der Waals surface area contributed by atoms with Crippen molar-refractivity contribution < 1.29 is 4.79 Å². The summed E-state index contributed by atoms with van der Waals surface area (Å²) in [4.78, 5) is 41.8. The summed E-state index contributed by atoms with van der Waals surface area (Å²) in [5, 5.41) is 0.628. The molecular formula is C20H21N3O3S. The number of fused-ring (bicyclic) bond motifs is 3. The maximum Gasteiger partial charge on any atom is 0.336 e. The third-order valence-corrected chi connectivity index (χ3v) is 6.48. The Bertz CT molecular complexity index is 1190. The van der Waals surface area contributed by atoms with E-state index in [4.69, 9.17) is 0 Å². The molecule has 6 nitrogen and oxygen atoms in total. The van der Waals surface area contributed by atoms with E-state index in [0.717, 1.165) is 16.0 Å². The lowest BCUT2D eigenvalue weighted by Crippen LogP contribution is -2.39. The summed E-state index contributed by atoms with van der Waals surface area (Å²) in [5.74, 6) is 0.0308. The molecule has 0 aliphatic carbocycles. The third-order valence-electron chi connectivity index (χ3n) is 5.24. The number of carbonyl (C=O) groups is 1. The molecule has 1 aliphatic heterocycles. The highest BCUT2D eigenvalue weighted by Crippen LogP contribution is 2.33. The van der Waals surface area contributed by atoms with Crippen LogP contribution in [0.3, 0.4) is 0 Å². The molecule has 1 amide bonds. The second-order valence-corrected chi connectivity index (χ2v) is 7.91. The number of thiophene rings is 1. The summed E-state index contributed by atoms with van der Waals surface area (Å²) in [6, 6.07) is 7.43. The van der Waals surface area contributed by atoms with Gasteiger partial charge in [-0.05, 0) is 37.5 Å². The van der Waals surface area contributed by atoms with Gasteiger partial charge in [0.1, 0.15) is 4.83 Å². The molecule has 3 heterocycles. The lowest BCUT2D eigenvalue weighted by atomic mass is 10.1. The SMILES string of the molecule is CCn1c(=O)n(-c2ccccc2C)c(=O)c2c3c(sc21)CN(C(C)=O)CC3. The van der Waals surface area contributed by atoms with E-state index >= 15 is 0 Å². The number of aryl methyl sites for hydroxylation is 2. The summed E-state index contributed by atoms with van der Waals surface area (Å²) < 4.78 is 2.97. The highest BCUT2D eigenvalue weighted by Gasteiger charge is 2.27. The van der Waals surface area contributed by atoms with E-state index in [-0.39, 0.29) is 17.2 Å². The Labute approximate surface area is 160 Å². The van der Waals surface area contributed by atoms with E-state index in [2.05, 4.69) is 0 Å². The standard InChI is InChI=1S/C20H21N3O3S/c1-4-22-19-17(14-9-10-21(13(3)24)11-16(14)27-19)18(25)23(20(22)26)15-8-6-5-7-12(15)2/h5-8H,4,9-11H2,1-3H3. The fraction of sp³-hybridized carbons (Fsp3) is 0.350. The zero-order valence-electron chi connectivity index (χ0n) is 15.6. The average Bonchev–Trinajstić information content (AvgIpc) is 3.02. The van der Waals surface area contributed by atoms with Gasteiger partial charge in [0.15, 0.2) is 0 Å². The molecule has 0 saturated carbocycles. The highest BCUT2D eigenvalue weighted by atomic mass is 32.1. The van der Waals surface area contributed by atoms with Gasteiger partial charge in [-0.25, -0.2) is 9.36 Å². The first kappa shape index (κ1) is 17.7. The molecule has 0 saturated heterocycles. The molecule has 27 heavy (non-hydrogen) atoms. The smallest absolute Gasteiger partial charge is 0.336 e. The number of para-hydroxylation sites is 1. The molecule has 0 N–H and O–H groups in total. The van der Waals surface area contributed by atoms with Gasteiger partial charge in [0.2, 0.25) is 5.91 Å². The minimum atomic E-state index is -0.314.